The zero-order valence-corrected chi connectivity index (χ0v) is 18.9. The van der Waals surface area contributed by atoms with Gasteiger partial charge in [-0.3, -0.25) is 0 Å². The highest BCUT2D eigenvalue weighted by Crippen LogP contribution is 2.37. The number of benzene rings is 2. The summed E-state index contributed by atoms with van der Waals surface area (Å²) in [6, 6.07) is 6.99. The number of aromatic nitrogens is 1. The van der Waals surface area contributed by atoms with E-state index in [1.54, 1.807) is 52.0 Å². The number of aromatic amines is 1. The van der Waals surface area contributed by atoms with Crippen LogP contribution in [0.25, 0.3) is 21.8 Å². The summed E-state index contributed by atoms with van der Waals surface area (Å²) >= 11 is 0. The van der Waals surface area contributed by atoms with Crippen LogP contribution in [0.15, 0.2) is 24.3 Å². The number of carbonyl (C=O) groups excluding carboxylic acids is 4. The molecule has 9 heteroatoms. The van der Waals surface area contributed by atoms with Crippen molar-refractivity contribution in [1.82, 2.24) is 4.98 Å². The third-order valence-corrected chi connectivity index (χ3v) is 4.87. The molecule has 33 heavy (non-hydrogen) atoms. The lowest BCUT2D eigenvalue weighted by Gasteiger charge is -2.18. The molecule has 0 aliphatic carbocycles. The maximum atomic E-state index is 13.2. The van der Waals surface area contributed by atoms with Gasteiger partial charge < -0.3 is 23.9 Å². The summed E-state index contributed by atoms with van der Waals surface area (Å²) in [4.78, 5) is 55.6. The summed E-state index contributed by atoms with van der Waals surface area (Å²) in [6.07, 6.45) is 0. The Labute approximate surface area is 189 Å². The molecule has 1 heterocycles. The highest BCUT2D eigenvalue weighted by Gasteiger charge is 2.37. The molecule has 1 N–H and O–H groups in total. The maximum absolute atomic E-state index is 13.2. The Bertz CT molecular complexity index is 1240. The van der Waals surface area contributed by atoms with Crippen LogP contribution in [-0.4, -0.2) is 55.3 Å². The van der Waals surface area contributed by atoms with E-state index < -0.39 is 35.0 Å². The van der Waals surface area contributed by atoms with E-state index >= 15 is 0 Å². The fourth-order valence-electron chi connectivity index (χ4n) is 3.72. The van der Waals surface area contributed by atoms with Crippen LogP contribution in [-0.2, 0) is 18.9 Å². The van der Waals surface area contributed by atoms with Crippen molar-refractivity contribution >= 4 is 45.7 Å². The number of carbonyl (C=O) groups is 4. The number of rotatable bonds is 8. The van der Waals surface area contributed by atoms with Crippen molar-refractivity contribution < 1.29 is 38.1 Å². The van der Waals surface area contributed by atoms with E-state index in [4.69, 9.17) is 18.9 Å². The van der Waals surface area contributed by atoms with E-state index in [0.717, 1.165) is 0 Å². The summed E-state index contributed by atoms with van der Waals surface area (Å²) < 4.78 is 20.8. The molecule has 0 unspecified atom stereocenters. The Morgan fingerprint density at radius 2 is 1.06 bits per heavy atom. The highest BCUT2D eigenvalue weighted by atomic mass is 16.5. The van der Waals surface area contributed by atoms with Crippen LogP contribution >= 0.6 is 0 Å². The molecule has 0 aliphatic rings. The number of esters is 4. The van der Waals surface area contributed by atoms with Gasteiger partial charge in [0.25, 0.3) is 0 Å². The van der Waals surface area contributed by atoms with Crippen molar-refractivity contribution in [3.05, 3.63) is 46.5 Å². The van der Waals surface area contributed by atoms with Crippen LogP contribution < -0.4 is 0 Å². The monoisotopic (exact) mass is 455 g/mol. The Hall–Kier alpha value is -3.88. The molecule has 0 amide bonds. The zero-order chi connectivity index (χ0) is 24.1. The van der Waals surface area contributed by atoms with Gasteiger partial charge in [0.15, 0.2) is 0 Å². The Balaban J connectivity index is 2.64. The first-order valence-corrected chi connectivity index (χ1v) is 10.7. The Morgan fingerprint density at radius 3 is 1.58 bits per heavy atom. The van der Waals surface area contributed by atoms with Crippen molar-refractivity contribution in [2.75, 3.05) is 26.4 Å². The molecular weight excluding hydrogens is 430 g/mol. The van der Waals surface area contributed by atoms with Crippen LogP contribution in [0.3, 0.4) is 0 Å². The van der Waals surface area contributed by atoms with Gasteiger partial charge in [-0.15, -0.1) is 0 Å². The lowest BCUT2D eigenvalue weighted by molar-refractivity contribution is 0.0446. The SMILES string of the molecule is CCOC(=O)c1c(C(=O)OCC)c(C(=O)OCC)c2c([nH]c3ccccc32)c1C(=O)OCC. The molecular formula is C24H25NO8. The van der Waals surface area contributed by atoms with Crippen LogP contribution in [0.1, 0.15) is 69.1 Å². The molecule has 2 aromatic carbocycles. The minimum Gasteiger partial charge on any atom is -0.462 e. The number of fused-ring (bicyclic) bond motifs is 3. The third-order valence-electron chi connectivity index (χ3n) is 4.87. The smallest absolute Gasteiger partial charge is 0.341 e. The van der Waals surface area contributed by atoms with E-state index in [2.05, 4.69) is 4.98 Å². The second kappa shape index (κ2) is 10.2. The second-order valence-electron chi connectivity index (χ2n) is 6.80. The van der Waals surface area contributed by atoms with E-state index in [1.807, 2.05) is 0 Å². The third kappa shape index (κ3) is 4.26. The van der Waals surface area contributed by atoms with Gasteiger partial charge in [-0.25, -0.2) is 19.2 Å². The average Bonchev–Trinajstić information content (AvgIpc) is 3.17. The van der Waals surface area contributed by atoms with Crippen molar-refractivity contribution in [1.29, 1.82) is 0 Å². The van der Waals surface area contributed by atoms with E-state index in [0.29, 0.717) is 10.9 Å². The summed E-state index contributed by atoms with van der Waals surface area (Å²) in [7, 11) is 0. The molecule has 174 valence electrons. The first-order chi connectivity index (χ1) is 15.9. The van der Waals surface area contributed by atoms with Gasteiger partial charge >= 0.3 is 23.9 Å². The predicted octanol–water partition coefficient (Wildman–Crippen LogP) is 4.03. The van der Waals surface area contributed by atoms with Crippen molar-refractivity contribution in [2.45, 2.75) is 27.7 Å². The summed E-state index contributed by atoms with van der Waals surface area (Å²) in [5.41, 5.74) is -0.449. The molecule has 0 bridgehead atoms. The molecule has 0 aliphatic heterocycles. The second-order valence-corrected chi connectivity index (χ2v) is 6.80. The number of para-hydroxylation sites is 1. The maximum Gasteiger partial charge on any atom is 0.341 e. The van der Waals surface area contributed by atoms with Gasteiger partial charge in [-0.2, -0.15) is 0 Å². The van der Waals surface area contributed by atoms with E-state index in [9.17, 15) is 19.2 Å². The van der Waals surface area contributed by atoms with Crippen LogP contribution in [0.5, 0.6) is 0 Å². The number of hydrogen-bond donors (Lipinski definition) is 1. The molecule has 0 fully saturated rings. The van der Waals surface area contributed by atoms with Gasteiger partial charge in [0.2, 0.25) is 0 Å². The van der Waals surface area contributed by atoms with Crippen LogP contribution in [0.4, 0.5) is 0 Å². The van der Waals surface area contributed by atoms with E-state index in [1.165, 1.54) is 0 Å². The van der Waals surface area contributed by atoms with Crippen molar-refractivity contribution in [3.63, 3.8) is 0 Å². The first kappa shape index (κ1) is 23.8. The topological polar surface area (TPSA) is 121 Å². The molecule has 0 saturated heterocycles. The normalized spacial score (nSPS) is 10.8. The lowest BCUT2D eigenvalue weighted by atomic mass is 9.90. The minimum absolute atomic E-state index is 0.0238. The molecule has 3 rings (SSSR count). The standard InChI is InChI=1S/C24H25NO8/c1-5-30-21(26)16-15-13-11-9-10-12-14(13)25-20(15)19(24(29)33-8-4)18(23(28)32-7-3)17(16)22(27)31-6-2/h9-12,25H,5-8H2,1-4H3. The molecule has 3 aromatic rings. The minimum atomic E-state index is -0.963. The Kier molecular flexibility index (Phi) is 7.32. The number of H-pyrrole nitrogens is 1. The number of ether oxygens (including phenoxy) is 4. The van der Waals surface area contributed by atoms with Crippen molar-refractivity contribution in [2.24, 2.45) is 0 Å². The van der Waals surface area contributed by atoms with Gasteiger partial charge in [-0.1, -0.05) is 18.2 Å². The highest BCUT2D eigenvalue weighted by molar-refractivity contribution is 6.28. The largest absolute Gasteiger partial charge is 0.462 e. The fourth-order valence-corrected chi connectivity index (χ4v) is 3.72. The quantitative estimate of drug-likeness (QED) is 0.399. The van der Waals surface area contributed by atoms with Gasteiger partial charge in [-0.05, 0) is 33.8 Å². The average molecular weight is 455 g/mol. The van der Waals surface area contributed by atoms with Crippen LogP contribution in [0, 0.1) is 0 Å². The molecule has 0 atom stereocenters. The molecule has 0 saturated carbocycles. The summed E-state index contributed by atoms with van der Waals surface area (Å²) in [5, 5.41) is 0.810. The number of hydrogen-bond acceptors (Lipinski definition) is 8. The molecule has 9 nitrogen and oxygen atoms in total. The van der Waals surface area contributed by atoms with Crippen molar-refractivity contribution in [3.8, 4) is 0 Å². The molecule has 0 radical (unpaired) electrons. The first-order valence-electron chi connectivity index (χ1n) is 10.7. The van der Waals surface area contributed by atoms with Gasteiger partial charge in [0.1, 0.15) is 0 Å². The summed E-state index contributed by atoms with van der Waals surface area (Å²) in [6.45, 7) is 6.41. The summed E-state index contributed by atoms with van der Waals surface area (Å²) in [5.74, 6) is -3.61. The molecule has 0 spiro atoms. The van der Waals surface area contributed by atoms with E-state index in [-0.39, 0.29) is 48.5 Å². The zero-order valence-electron chi connectivity index (χ0n) is 18.9. The van der Waals surface area contributed by atoms with Gasteiger partial charge in [0, 0.05) is 16.3 Å². The molecule has 1 aromatic heterocycles. The predicted molar refractivity (Wildman–Crippen MR) is 120 cm³/mol. The fraction of sp³-hybridized carbons (Fsp3) is 0.333. The Morgan fingerprint density at radius 1 is 0.636 bits per heavy atom. The lowest BCUT2D eigenvalue weighted by Crippen LogP contribution is -2.24. The van der Waals surface area contributed by atoms with Gasteiger partial charge in [0.05, 0.1) is 54.2 Å². The number of nitrogens with one attached hydrogen (secondary N) is 1. The van der Waals surface area contributed by atoms with Crippen LogP contribution in [0.2, 0.25) is 0 Å².